The maximum atomic E-state index is 13.3. The van der Waals surface area contributed by atoms with E-state index in [9.17, 15) is 19.2 Å². The van der Waals surface area contributed by atoms with Gasteiger partial charge >= 0.3 is 5.97 Å². The molecule has 2 heterocycles. The second kappa shape index (κ2) is 11.3. The molecule has 1 aromatic heterocycles. The molecule has 10 nitrogen and oxygen atoms in total. The van der Waals surface area contributed by atoms with Crippen molar-refractivity contribution in [3.05, 3.63) is 28.4 Å². The number of H-pyrrole nitrogens is 1. The summed E-state index contributed by atoms with van der Waals surface area (Å²) in [6.07, 6.45) is 4.02. The van der Waals surface area contributed by atoms with Gasteiger partial charge in [0.25, 0.3) is 5.91 Å². The molecule has 1 aliphatic heterocycles. The van der Waals surface area contributed by atoms with Gasteiger partial charge in [0.05, 0.1) is 19.7 Å². The molecule has 4 rings (SSSR count). The minimum absolute atomic E-state index is 0.132. The average Bonchev–Trinajstić information content (AvgIpc) is 3.57. The highest BCUT2D eigenvalue weighted by molar-refractivity contribution is 9.10. The predicted octanol–water partition coefficient (Wildman–Crippen LogP) is 2.41. The highest BCUT2D eigenvalue weighted by atomic mass is 79.9. The van der Waals surface area contributed by atoms with Crippen LogP contribution in [0.4, 0.5) is 0 Å². The first-order chi connectivity index (χ1) is 17.3. The summed E-state index contributed by atoms with van der Waals surface area (Å²) < 4.78 is 11.1. The number of rotatable bonds is 10. The van der Waals surface area contributed by atoms with Crippen molar-refractivity contribution in [3.63, 3.8) is 0 Å². The van der Waals surface area contributed by atoms with Gasteiger partial charge in [-0.15, -0.1) is 0 Å². The molecule has 2 aliphatic rings. The van der Waals surface area contributed by atoms with Crippen molar-refractivity contribution in [3.8, 4) is 5.75 Å². The monoisotopic (exact) mass is 562 g/mol. The first-order valence-electron chi connectivity index (χ1n) is 12.1. The summed E-state index contributed by atoms with van der Waals surface area (Å²) in [5.41, 5.74) is 0.992. The Kier molecular flexibility index (Phi) is 8.17. The van der Waals surface area contributed by atoms with E-state index in [1.807, 2.05) is 6.07 Å². The number of esters is 1. The van der Waals surface area contributed by atoms with E-state index in [-0.39, 0.29) is 23.9 Å². The van der Waals surface area contributed by atoms with Crippen LogP contribution in [0.15, 0.2) is 22.7 Å². The van der Waals surface area contributed by atoms with Gasteiger partial charge in [0, 0.05) is 22.3 Å². The van der Waals surface area contributed by atoms with Gasteiger partial charge in [0.15, 0.2) is 0 Å². The lowest BCUT2D eigenvalue weighted by Crippen LogP contribution is -2.53. The third-order valence-corrected chi connectivity index (χ3v) is 7.44. The van der Waals surface area contributed by atoms with Crippen molar-refractivity contribution >= 4 is 50.5 Å². The lowest BCUT2D eigenvalue weighted by Gasteiger charge is -2.27. The number of carbonyl (C=O) groups excluding carboxylic acids is 4. The molecule has 0 bridgehead atoms. The van der Waals surface area contributed by atoms with E-state index in [4.69, 9.17) is 9.47 Å². The number of fused-ring (bicyclic) bond motifs is 1. The Bertz CT molecular complexity index is 1160. The van der Waals surface area contributed by atoms with Gasteiger partial charge < -0.3 is 30.4 Å². The Morgan fingerprint density at radius 3 is 2.56 bits per heavy atom. The Morgan fingerprint density at radius 2 is 1.89 bits per heavy atom. The van der Waals surface area contributed by atoms with Crippen LogP contribution in [-0.2, 0) is 19.1 Å². The molecular formula is C25H31BrN4O6. The van der Waals surface area contributed by atoms with E-state index in [0.717, 1.165) is 29.1 Å². The van der Waals surface area contributed by atoms with Gasteiger partial charge in [-0.2, -0.15) is 0 Å². The van der Waals surface area contributed by atoms with Gasteiger partial charge in [-0.25, -0.2) is 4.79 Å². The minimum Gasteiger partial charge on any atom is -0.496 e. The number of nitrogens with one attached hydrogen (secondary N) is 4. The molecule has 2 fully saturated rings. The summed E-state index contributed by atoms with van der Waals surface area (Å²) in [4.78, 5) is 54.2. The number of benzene rings is 1. The standard InChI is InChI=1S/C25H31BrN4O6/c1-35-20-8-7-16(26)21-15(20)12-18(28-21)24(33)29-17(10-13-5-6-13)23(32)30-19(25(34)36-2)11-14-4-3-9-27-22(14)31/h7-8,12-14,17,19,28H,3-6,9-11H2,1-2H3,(H,27,31)(H,29,33)(H,30,32). The van der Waals surface area contributed by atoms with Crippen LogP contribution in [0.1, 0.15) is 49.0 Å². The fourth-order valence-corrected chi connectivity index (χ4v) is 5.03. The number of methoxy groups -OCH3 is 2. The summed E-state index contributed by atoms with van der Waals surface area (Å²) in [7, 11) is 2.80. The fraction of sp³-hybridized carbons (Fsp3) is 0.520. The first-order valence-corrected chi connectivity index (χ1v) is 12.9. The summed E-state index contributed by atoms with van der Waals surface area (Å²) in [6, 6.07) is 3.48. The zero-order valence-corrected chi connectivity index (χ0v) is 21.9. The second-order valence-electron chi connectivity index (χ2n) is 9.38. The Labute approximate surface area is 217 Å². The number of hydrogen-bond acceptors (Lipinski definition) is 6. The molecule has 3 amide bonds. The lowest BCUT2D eigenvalue weighted by molar-refractivity contribution is -0.146. The molecular weight excluding hydrogens is 532 g/mol. The van der Waals surface area contributed by atoms with E-state index >= 15 is 0 Å². The largest absolute Gasteiger partial charge is 0.496 e. The van der Waals surface area contributed by atoms with E-state index in [1.165, 1.54) is 7.11 Å². The van der Waals surface area contributed by atoms with Crippen molar-refractivity contribution in [2.45, 2.75) is 50.6 Å². The van der Waals surface area contributed by atoms with Gasteiger partial charge in [-0.3, -0.25) is 14.4 Å². The van der Waals surface area contributed by atoms with Gasteiger partial charge in [-0.05, 0) is 65.7 Å². The normalized spacial score (nSPS) is 19.2. The quantitative estimate of drug-likeness (QED) is 0.328. The number of aromatic amines is 1. The van der Waals surface area contributed by atoms with E-state index < -0.39 is 29.9 Å². The smallest absolute Gasteiger partial charge is 0.328 e. The predicted molar refractivity (Wildman–Crippen MR) is 135 cm³/mol. The van der Waals surface area contributed by atoms with E-state index in [0.29, 0.717) is 36.6 Å². The fourth-order valence-electron chi connectivity index (χ4n) is 4.59. The third kappa shape index (κ3) is 6.00. The molecule has 11 heteroatoms. The van der Waals surface area contributed by atoms with E-state index in [2.05, 4.69) is 36.9 Å². The van der Waals surface area contributed by atoms with Crippen LogP contribution >= 0.6 is 15.9 Å². The van der Waals surface area contributed by atoms with Gasteiger partial charge in [-0.1, -0.05) is 12.8 Å². The molecule has 36 heavy (non-hydrogen) atoms. The number of piperidine rings is 1. The van der Waals surface area contributed by atoms with Crippen molar-refractivity contribution in [1.29, 1.82) is 0 Å². The maximum absolute atomic E-state index is 13.3. The third-order valence-electron chi connectivity index (χ3n) is 6.78. The van der Waals surface area contributed by atoms with Crippen LogP contribution in [0.5, 0.6) is 5.75 Å². The zero-order valence-electron chi connectivity index (χ0n) is 20.3. The molecule has 194 valence electrons. The van der Waals surface area contributed by atoms with Crippen LogP contribution in [-0.4, -0.2) is 61.5 Å². The molecule has 1 saturated heterocycles. The maximum Gasteiger partial charge on any atom is 0.328 e. The highest BCUT2D eigenvalue weighted by Gasteiger charge is 2.35. The van der Waals surface area contributed by atoms with Crippen LogP contribution < -0.4 is 20.7 Å². The number of aromatic nitrogens is 1. The number of carbonyl (C=O) groups is 4. The molecule has 0 radical (unpaired) electrons. The lowest BCUT2D eigenvalue weighted by atomic mass is 9.91. The van der Waals surface area contributed by atoms with Gasteiger partial charge in [0.1, 0.15) is 23.5 Å². The topological polar surface area (TPSA) is 139 Å². The van der Waals surface area contributed by atoms with Gasteiger partial charge in [0.2, 0.25) is 11.8 Å². The summed E-state index contributed by atoms with van der Waals surface area (Å²) in [5.74, 6) is -1.11. The van der Waals surface area contributed by atoms with Crippen molar-refractivity contribution < 1.29 is 28.7 Å². The van der Waals surface area contributed by atoms with Crippen LogP contribution in [0, 0.1) is 11.8 Å². The minimum atomic E-state index is -0.983. The molecule has 3 unspecified atom stereocenters. The van der Waals surface area contributed by atoms with Crippen molar-refractivity contribution in [1.82, 2.24) is 20.9 Å². The average molecular weight is 563 g/mol. The highest BCUT2D eigenvalue weighted by Crippen LogP contribution is 2.34. The summed E-state index contributed by atoms with van der Waals surface area (Å²) in [6.45, 7) is 0.607. The number of halogens is 1. The SMILES string of the molecule is COC(=O)C(CC1CCCNC1=O)NC(=O)C(CC1CC1)NC(=O)c1cc2c(OC)ccc(Br)c2[nH]1. The first kappa shape index (κ1) is 26.0. The van der Waals surface area contributed by atoms with E-state index in [1.54, 1.807) is 19.2 Å². The summed E-state index contributed by atoms with van der Waals surface area (Å²) >= 11 is 3.48. The zero-order chi connectivity index (χ0) is 25.8. The Morgan fingerprint density at radius 1 is 1.11 bits per heavy atom. The molecule has 4 N–H and O–H groups in total. The van der Waals surface area contributed by atoms with Crippen LogP contribution in [0.2, 0.25) is 0 Å². The second-order valence-corrected chi connectivity index (χ2v) is 10.2. The Balaban J connectivity index is 1.49. The molecule has 3 atom stereocenters. The molecule has 1 aromatic carbocycles. The molecule has 1 aliphatic carbocycles. The Hall–Kier alpha value is -3.08. The number of amides is 3. The number of hydrogen-bond donors (Lipinski definition) is 4. The van der Waals surface area contributed by atoms with Crippen LogP contribution in [0.3, 0.4) is 0 Å². The molecule has 0 spiro atoms. The van der Waals surface area contributed by atoms with Crippen molar-refractivity contribution in [2.75, 3.05) is 20.8 Å². The van der Waals surface area contributed by atoms with Crippen molar-refractivity contribution in [2.24, 2.45) is 11.8 Å². The number of ether oxygens (including phenoxy) is 2. The van der Waals surface area contributed by atoms with Crippen LogP contribution in [0.25, 0.3) is 10.9 Å². The molecule has 2 aromatic rings. The summed E-state index contributed by atoms with van der Waals surface area (Å²) in [5, 5.41) is 9.09. The molecule has 1 saturated carbocycles.